The zero-order chi connectivity index (χ0) is 20.8. The Balaban J connectivity index is 1.71. The molecule has 0 atom stereocenters. The van der Waals surface area contributed by atoms with Gasteiger partial charge in [-0.3, -0.25) is 4.79 Å². The van der Waals surface area contributed by atoms with Crippen molar-refractivity contribution in [2.45, 2.75) is 25.5 Å². The molecule has 1 heterocycles. The average Bonchev–Trinajstić information content (AvgIpc) is 3.15. The van der Waals surface area contributed by atoms with E-state index in [1.807, 2.05) is 42.7 Å². The van der Waals surface area contributed by atoms with Crippen LogP contribution in [0, 0.1) is 6.92 Å². The number of anilines is 1. The van der Waals surface area contributed by atoms with Gasteiger partial charge in [-0.05, 0) is 31.5 Å². The number of nitrogens with zero attached hydrogens (tertiary/aromatic N) is 3. The standard InChI is InChI=1S/C21H24N4O3S/c1-5-25-20(16-9-7-6-8-14(16)2)23-24-21(25)29-13-19(26)22-17-11-10-15(27-3)12-18(17)28-4/h6-12H,5,13H2,1-4H3,(H,22,26). The fourth-order valence-electron chi connectivity index (χ4n) is 2.92. The summed E-state index contributed by atoms with van der Waals surface area (Å²) < 4.78 is 12.5. The molecule has 0 aliphatic carbocycles. The van der Waals surface area contributed by atoms with Crippen molar-refractivity contribution in [3.63, 3.8) is 0 Å². The minimum atomic E-state index is -0.151. The molecular weight excluding hydrogens is 388 g/mol. The summed E-state index contributed by atoms with van der Waals surface area (Å²) in [6.07, 6.45) is 0. The van der Waals surface area contributed by atoms with Crippen molar-refractivity contribution in [2.75, 3.05) is 25.3 Å². The first-order valence-electron chi connectivity index (χ1n) is 9.21. The minimum Gasteiger partial charge on any atom is -0.497 e. The van der Waals surface area contributed by atoms with Crippen LogP contribution in [0.15, 0.2) is 47.6 Å². The first kappa shape index (κ1) is 20.7. The molecule has 152 valence electrons. The molecule has 0 fully saturated rings. The Bertz CT molecular complexity index is 1000. The molecule has 2 aromatic carbocycles. The Morgan fingerprint density at radius 2 is 1.93 bits per heavy atom. The number of methoxy groups -OCH3 is 2. The fraction of sp³-hybridized carbons (Fsp3) is 0.286. The molecule has 3 rings (SSSR count). The molecule has 1 aromatic heterocycles. The molecule has 0 saturated heterocycles. The number of hydrogen-bond acceptors (Lipinski definition) is 6. The zero-order valence-corrected chi connectivity index (χ0v) is 17.7. The minimum absolute atomic E-state index is 0.151. The highest BCUT2D eigenvalue weighted by molar-refractivity contribution is 7.99. The van der Waals surface area contributed by atoms with E-state index in [4.69, 9.17) is 9.47 Å². The summed E-state index contributed by atoms with van der Waals surface area (Å²) in [4.78, 5) is 12.5. The van der Waals surface area contributed by atoms with Crippen molar-refractivity contribution >= 4 is 23.4 Å². The molecule has 0 bridgehead atoms. The van der Waals surface area contributed by atoms with E-state index in [0.717, 1.165) is 17.0 Å². The average molecular weight is 413 g/mol. The molecule has 1 amide bonds. The number of hydrogen-bond donors (Lipinski definition) is 1. The summed E-state index contributed by atoms with van der Waals surface area (Å²) in [7, 11) is 3.13. The molecule has 1 N–H and O–H groups in total. The van der Waals surface area contributed by atoms with Crippen molar-refractivity contribution in [1.29, 1.82) is 0 Å². The predicted octanol–water partition coefficient (Wildman–Crippen LogP) is 4.02. The van der Waals surface area contributed by atoms with Crippen LogP contribution in [0.4, 0.5) is 5.69 Å². The molecule has 0 radical (unpaired) electrons. The van der Waals surface area contributed by atoms with E-state index in [0.29, 0.717) is 28.9 Å². The number of aryl methyl sites for hydroxylation is 1. The van der Waals surface area contributed by atoms with E-state index in [1.165, 1.54) is 11.8 Å². The SMILES string of the molecule is CCn1c(SCC(=O)Nc2ccc(OC)cc2OC)nnc1-c1ccccc1C. The van der Waals surface area contributed by atoms with E-state index in [2.05, 4.69) is 15.5 Å². The van der Waals surface area contributed by atoms with Gasteiger partial charge in [-0.25, -0.2) is 0 Å². The normalized spacial score (nSPS) is 10.6. The predicted molar refractivity (Wildman–Crippen MR) is 115 cm³/mol. The van der Waals surface area contributed by atoms with Crippen LogP contribution in [-0.4, -0.2) is 40.6 Å². The van der Waals surface area contributed by atoms with Gasteiger partial charge in [0.05, 0.1) is 25.7 Å². The van der Waals surface area contributed by atoms with E-state index in [1.54, 1.807) is 32.4 Å². The van der Waals surface area contributed by atoms with Gasteiger partial charge in [-0.15, -0.1) is 10.2 Å². The molecule has 3 aromatic rings. The smallest absolute Gasteiger partial charge is 0.234 e. The van der Waals surface area contributed by atoms with Crippen LogP contribution in [0.1, 0.15) is 12.5 Å². The Morgan fingerprint density at radius 1 is 1.14 bits per heavy atom. The topological polar surface area (TPSA) is 78.3 Å². The monoisotopic (exact) mass is 412 g/mol. The molecule has 29 heavy (non-hydrogen) atoms. The Morgan fingerprint density at radius 3 is 2.62 bits per heavy atom. The highest BCUT2D eigenvalue weighted by Gasteiger charge is 2.16. The number of amides is 1. The van der Waals surface area contributed by atoms with Crippen LogP contribution in [0.2, 0.25) is 0 Å². The zero-order valence-electron chi connectivity index (χ0n) is 16.9. The fourth-order valence-corrected chi connectivity index (χ4v) is 3.72. The van der Waals surface area contributed by atoms with Crippen LogP contribution in [0.5, 0.6) is 11.5 Å². The highest BCUT2D eigenvalue weighted by atomic mass is 32.2. The van der Waals surface area contributed by atoms with Crippen LogP contribution in [0.3, 0.4) is 0 Å². The second-order valence-corrected chi connectivity index (χ2v) is 7.21. The Kier molecular flexibility index (Phi) is 6.77. The lowest BCUT2D eigenvalue weighted by Gasteiger charge is -2.12. The molecule has 0 aliphatic heterocycles. The Labute approximate surface area is 174 Å². The third-order valence-electron chi connectivity index (χ3n) is 4.43. The van der Waals surface area contributed by atoms with Crippen molar-refractivity contribution in [3.8, 4) is 22.9 Å². The molecular formula is C21H24N4O3S. The van der Waals surface area contributed by atoms with Crippen LogP contribution < -0.4 is 14.8 Å². The number of thioether (sulfide) groups is 1. The summed E-state index contributed by atoms with van der Waals surface area (Å²) in [6, 6.07) is 13.3. The summed E-state index contributed by atoms with van der Waals surface area (Å²) in [5.74, 6) is 2.07. The van der Waals surface area contributed by atoms with E-state index < -0.39 is 0 Å². The van der Waals surface area contributed by atoms with Gasteiger partial charge in [0, 0.05) is 18.2 Å². The van der Waals surface area contributed by atoms with Gasteiger partial charge in [-0.2, -0.15) is 0 Å². The van der Waals surface area contributed by atoms with E-state index in [-0.39, 0.29) is 11.7 Å². The maximum atomic E-state index is 12.5. The second kappa shape index (κ2) is 9.47. The summed E-state index contributed by atoms with van der Waals surface area (Å²) in [5, 5.41) is 12.2. The number of nitrogens with one attached hydrogen (secondary N) is 1. The number of carbonyl (C=O) groups is 1. The van der Waals surface area contributed by atoms with Gasteiger partial charge in [0.2, 0.25) is 5.91 Å². The van der Waals surface area contributed by atoms with Gasteiger partial charge >= 0.3 is 0 Å². The third kappa shape index (κ3) is 4.71. The van der Waals surface area contributed by atoms with Crippen LogP contribution >= 0.6 is 11.8 Å². The molecule has 8 heteroatoms. The lowest BCUT2D eigenvalue weighted by molar-refractivity contribution is -0.113. The first-order valence-corrected chi connectivity index (χ1v) is 10.2. The highest BCUT2D eigenvalue weighted by Crippen LogP contribution is 2.30. The van der Waals surface area contributed by atoms with E-state index in [9.17, 15) is 4.79 Å². The number of benzene rings is 2. The van der Waals surface area contributed by atoms with Gasteiger partial charge in [0.1, 0.15) is 11.5 Å². The number of carbonyl (C=O) groups excluding carboxylic acids is 1. The lowest BCUT2D eigenvalue weighted by Crippen LogP contribution is -2.15. The summed E-state index contributed by atoms with van der Waals surface area (Å²) in [5.41, 5.74) is 2.77. The molecule has 0 spiro atoms. The Hall–Kier alpha value is -3.00. The maximum Gasteiger partial charge on any atom is 0.234 e. The molecule has 0 unspecified atom stereocenters. The van der Waals surface area contributed by atoms with Crippen molar-refractivity contribution < 1.29 is 14.3 Å². The molecule has 0 aliphatic rings. The van der Waals surface area contributed by atoms with E-state index >= 15 is 0 Å². The largest absolute Gasteiger partial charge is 0.497 e. The maximum absolute atomic E-state index is 12.5. The van der Waals surface area contributed by atoms with Gasteiger partial charge in [-0.1, -0.05) is 36.0 Å². The quantitative estimate of drug-likeness (QED) is 0.563. The summed E-state index contributed by atoms with van der Waals surface area (Å²) in [6.45, 7) is 4.80. The van der Waals surface area contributed by atoms with Gasteiger partial charge < -0.3 is 19.4 Å². The van der Waals surface area contributed by atoms with Crippen LogP contribution in [-0.2, 0) is 11.3 Å². The molecule has 7 nitrogen and oxygen atoms in total. The third-order valence-corrected chi connectivity index (χ3v) is 5.40. The number of rotatable bonds is 8. The lowest BCUT2D eigenvalue weighted by atomic mass is 10.1. The van der Waals surface area contributed by atoms with Crippen molar-refractivity contribution in [3.05, 3.63) is 48.0 Å². The van der Waals surface area contributed by atoms with Gasteiger partial charge in [0.15, 0.2) is 11.0 Å². The number of ether oxygens (including phenoxy) is 2. The summed E-state index contributed by atoms with van der Waals surface area (Å²) >= 11 is 1.35. The first-order chi connectivity index (χ1) is 14.1. The van der Waals surface area contributed by atoms with Crippen molar-refractivity contribution in [2.24, 2.45) is 0 Å². The van der Waals surface area contributed by atoms with Crippen LogP contribution in [0.25, 0.3) is 11.4 Å². The molecule has 0 saturated carbocycles. The second-order valence-electron chi connectivity index (χ2n) is 6.27. The van der Waals surface area contributed by atoms with Crippen molar-refractivity contribution in [1.82, 2.24) is 14.8 Å². The van der Waals surface area contributed by atoms with Gasteiger partial charge in [0.25, 0.3) is 0 Å². The number of aromatic nitrogens is 3.